The van der Waals surface area contributed by atoms with Crippen molar-refractivity contribution in [2.24, 2.45) is 29.4 Å². The minimum Gasteiger partial charge on any atom is -0.324 e. The summed E-state index contributed by atoms with van der Waals surface area (Å²) < 4.78 is 12.4. The third-order valence-corrected chi connectivity index (χ3v) is 6.94. The van der Waals surface area contributed by atoms with Gasteiger partial charge in [0.1, 0.15) is 6.17 Å². The van der Waals surface area contributed by atoms with E-state index < -0.39 is 6.17 Å². The van der Waals surface area contributed by atoms with Crippen molar-refractivity contribution < 1.29 is 4.39 Å². The zero-order chi connectivity index (χ0) is 18.1. The summed E-state index contributed by atoms with van der Waals surface area (Å²) in [6.07, 6.45) is 20.7. The highest BCUT2D eigenvalue weighted by atomic mass is 19.1. The number of alkyl halides is 1. The highest BCUT2D eigenvalue weighted by molar-refractivity contribution is 5.00. The van der Waals surface area contributed by atoms with Crippen LogP contribution in [0.15, 0.2) is 12.2 Å². The molecule has 0 aliphatic heterocycles. The molecule has 0 radical (unpaired) electrons. The molecule has 1 nitrogen and oxygen atoms in total. The van der Waals surface area contributed by atoms with E-state index in [1.165, 1.54) is 57.8 Å². The first-order valence-corrected chi connectivity index (χ1v) is 11.1. The van der Waals surface area contributed by atoms with Gasteiger partial charge in [-0.05, 0) is 75.0 Å². The summed E-state index contributed by atoms with van der Waals surface area (Å²) in [5.41, 5.74) is 5.88. The minimum absolute atomic E-state index is 0.339. The van der Waals surface area contributed by atoms with Crippen LogP contribution in [0.25, 0.3) is 0 Å². The lowest BCUT2D eigenvalue weighted by molar-refractivity contribution is 0.215. The second-order valence-corrected chi connectivity index (χ2v) is 9.12. The van der Waals surface area contributed by atoms with E-state index in [1.54, 1.807) is 0 Å². The summed E-state index contributed by atoms with van der Waals surface area (Å²) >= 11 is 0. The van der Waals surface area contributed by atoms with Gasteiger partial charge < -0.3 is 5.73 Å². The van der Waals surface area contributed by atoms with Crippen molar-refractivity contribution in [2.75, 3.05) is 0 Å². The van der Waals surface area contributed by atoms with Crippen LogP contribution in [0.4, 0.5) is 4.39 Å². The average Bonchev–Trinajstić information content (AvgIpc) is 2.65. The quantitative estimate of drug-likeness (QED) is 0.553. The Kier molecular flexibility index (Phi) is 9.52. The van der Waals surface area contributed by atoms with E-state index in [0.29, 0.717) is 6.04 Å². The lowest BCUT2D eigenvalue weighted by Gasteiger charge is -2.29. The van der Waals surface area contributed by atoms with Crippen molar-refractivity contribution in [2.45, 2.75) is 110 Å². The summed E-state index contributed by atoms with van der Waals surface area (Å²) in [5.74, 6) is 3.68. The van der Waals surface area contributed by atoms with Gasteiger partial charge in [-0.1, -0.05) is 58.1 Å². The van der Waals surface area contributed by atoms with E-state index >= 15 is 0 Å². The highest BCUT2D eigenvalue weighted by Gasteiger charge is 2.21. The third kappa shape index (κ3) is 8.24. The molecule has 2 atom stereocenters. The Morgan fingerprint density at radius 2 is 1.44 bits per heavy atom. The van der Waals surface area contributed by atoms with Gasteiger partial charge >= 0.3 is 0 Å². The van der Waals surface area contributed by atoms with Crippen LogP contribution in [0, 0.1) is 23.7 Å². The van der Waals surface area contributed by atoms with Gasteiger partial charge in [0.05, 0.1) is 0 Å². The maximum atomic E-state index is 12.4. The fraction of sp³-hybridized carbons (Fsp3) is 0.913. The van der Waals surface area contributed by atoms with E-state index in [-0.39, 0.29) is 0 Å². The first-order valence-electron chi connectivity index (χ1n) is 11.1. The first kappa shape index (κ1) is 20.9. The van der Waals surface area contributed by atoms with Gasteiger partial charge in [0, 0.05) is 6.04 Å². The van der Waals surface area contributed by atoms with Gasteiger partial charge in [-0.2, -0.15) is 0 Å². The van der Waals surface area contributed by atoms with E-state index in [9.17, 15) is 4.39 Å². The van der Waals surface area contributed by atoms with Gasteiger partial charge in [0.25, 0.3) is 0 Å². The van der Waals surface area contributed by atoms with Crippen LogP contribution in [0.3, 0.4) is 0 Å². The number of rotatable bonds is 4. The standard InChI is InChI=1S/C16H29N.C7H13F/c1-2-13-3-5-14(6-4-13)7-8-15-9-11-16(17)12-10-15;1-6-2-4-7(8)5-3-6/h9,11,13-16H,2-8,10,12,17H2,1H3;6-7H,2-5H2,1H3. The Labute approximate surface area is 156 Å². The summed E-state index contributed by atoms with van der Waals surface area (Å²) in [6, 6.07) is 0.339. The lowest BCUT2D eigenvalue weighted by atomic mass is 9.77. The van der Waals surface area contributed by atoms with Crippen molar-refractivity contribution in [3.8, 4) is 0 Å². The van der Waals surface area contributed by atoms with Crippen molar-refractivity contribution >= 4 is 0 Å². The smallest absolute Gasteiger partial charge is 0.100 e. The molecule has 0 heterocycles. The van der Waals surface area contributed by atoms with Gasteiger partial charge in [0.2, 0.25) is 0 Å². The molecule has 2 N–H and O–H groups in total. The number of allylic oxidation sites excluding steroid dienone is 1. The molecule has 0 aromatic carbocycles. The van der Waals surface area contributed by atoms with Crippen molar-refractivity contribution in [3.05, 3.63) is 12.2 Å². The molecule has 0 bridgehead atoms. The zero-order valence-electron chi connectivity index (χ0n) is 16.8. The Bertz CT molecular complexity index is 354. The predicted molar refractivity (Wildman–Crippen MR) is 107 cm³/mol. The minimum atomic E-state index is -0.480. The monoisotopic (exact) mass is 351 g/mol. The van der Waals surface area contributed by atoms with Crippen molar-refractivity contribution in [3.63, 3.8) is 0 Å². The van der Waals surface area contributed by atoms with Gasteiger partial charge in [-0.3, -0.25) is 0 Å². The van der Waals surface area contributed by atoms with E-state index in [1.807, 2.05) is 0 Å². The second-order valence-electron chi connectivity index (χ2n) is 9.12. The molecule has 146 valence electrons. The maximum Gasteiger partial charge on any atom is 0.100 e. The SMILES string of the molecule is CC1CCC(F)CC1.CCC1CCC(CCC2C=CC(N)CC2)CC1. The topological polar surface area (TPSA) is 26.0 Å². The second kappa shape index (κ2) is 11.4. The van der Waals surface area contributed by atoms with Crippen LogP contribution < -0.4 is 5.73 Å². The molecule has 0 amide bonds. The molecule has 2 unspecified atom stereocenters. The van der Waals surface area contributed by atoms with E-state index in [4.69, 9.17) is 5.73 Å². The van der Waals surface area contributed by atoms with Crippen LogP contribution in [-0.2, 0) is 0 Å². The molecular formula is C23H42FN. The summed E-state index contributed by atoms with van der Waals surface area (Å²) in [7, 11) is 0. The number of halogens is 1. The molecule has 0 aromatic rings. The highest BCUT2D eigenvalue weighted by Crippen LogP contribution is 2.34. The fourth-order valence-electron chi connectivity index (χ4n) is 4.74. The normalized spacial score (nSPS) is 38.7. The van der Waals surface area contributed by atoms with E-state index in [0.717, 1.165) is 49.4 Å². The Morgan fingerprint density at radius 3 is 1.96 bits per heavy atom. The zero-order valence-corrected chi connectivity index (χ0v) is 16.8. The van der Waals surface area contributed by atoms with Crippen LogP contribution in [0.1, 0.15) is 97.3 Å². The average molecular weight is 352 g/mol. The molecule has 2 fully saturated rings. The molecule has 2 saturated carbocycles. The third-order valence-electron chi connectivity index (χ3n) is 6.94. The molecule has 3 rings (SSSR count). The largest absolute Gasteiger partial charge is 0.324 e. The number of hydrogen-bond donors (Lipinski definition) is 1. The van der Waals surface area contributed by atoms with Crippen LogP contribution >= 0.6 is 0 Å². The molecule has 3 aliphatic rings. The van der Waals surface area contributed by atoms with Crippen molar-refractivity contribution in [1.82, 2.24) is 0 Å². The molecule has 25 heavy (non-hydrogen) atoms. The summed E-state index contributed by atoms with van der Waals surface area (Å²) in [5, 5.41) is 0. The van der Waals surface area contributed by atoms with Crippen molar-refractivity contribution in [1.29, 1.82) is 0 Å². The first-order chi connectivity index (χ1) is 12.1. The fourth-order valence-corrected chi connectivity index (χ4v) is 4.74. The van der Waals surface area contributed by atoms with Gasteiger partial charge in [0.15, 0.2) is 0 Å². The van der Waals surface area contributed by atoms with E-state index in [2.05, 4.69) is 26.0 Å². The van der Waals surface area contributed by atoms with Gasteiger partial charge in [-0.25, -0.2) is 4.39 Å². The van der Waals surface area contributed by atoms with Gasteiger partial charge in [-0.15, -0.1) is 0 Å². The lowest BCUT2D eigenvalue weighted by Crippen LogP contribution is -2.22. The maximum absolute atomic E-state index is 12.4. The summed E-state index contributed by atoms with van der Waals surface area (Å²) in [4.78, 5) is 0. The summed E-state index contributed by atoms with van der Waals surface area (Å²) in [6.45, 7) is 4.55. The molecule has 2 heteroatoms. The number of hydrogen-bond acceptors (Lipinski definition) is 1. The molecule has 0 spiro atoms. The molecule has 3 aliphatic carbocycles. The van der Waals surface area contributed by atoms with Crippen LogP contribution in [-0.4, -0.2) is 12.2 Å². The predicted octanol–water partition coefficient (Wildman–Crippen LogP) is 6.81. The Balaban J connectivity index is 0.000000236. The van der Waals surface area contributed by atoms with Crippen LogP contribution in [0.5, 0.6) is 0 Å². The molecule has 0 aromatic heterocycles. The number of nitrogens with two attached hydrogens (primary N) is 1. The van der Waals surface area contributed by atoms with Crippen LogP contribution in [0.2, 0.25) is 0 Å². The molecular weight excluding hydrogens is 309 g/mol. The Hall–Kier alpha value is -0.370. The molecule has 0 saturated heterocycles. The Morgan fingerprint density at radius 1 is 0.800 bits per heavy atom.